The molecule has 0 bridgehead atoms. The average Bonchev–Trinajstić information content (AvgIpc) is 2.11. The van der Waals surface area contributed by atoms with Gasteiger partial charge in [0.1, 0.15) is 5.76 Å². The minimum absolute atomic E-state index is 0.0119. The number of hydrogen-bond acceptors (Lipinski definition) is 2. The molecule has 92 valence electrons. The third kappa shape index (κ3) is 9.18. The molecule has 0 saturated carbocycles. The van der Waals surface area contributed by atoms with Gasteiger partial charge in [0.25, 0.3) is 0 Å². The molecule has 0 amide bonds. The van der Waals surface area contributed by atoms with E-state index in [0.717, 1.165) is 0 Å². The Morgan fingerprint density at radius 3 is 2.50 bits per heavy atom. The summed E-state index contributed by atoms with van der Waals surface area (Å²) in [5.41, 5.74) is 0. The molecule has 0 fully saturated rings. The largest absolute Gasteiger partial charge is 0.443 e. The summed E-state index contributed by atoms with van der Waals surface area (Å²) in [5.74, 6) is 0.584. The topological polar surface area (TPSA) is 21.3 Å². The molecule has 2 nitrogen and oxygen atoms in total. The Morgan fingerprint density at radius 2 is 2.00 bits per heavy atom. The van der Waals surface area contributed by atoms with Crippen molar-refractivity contribution >= 4 is 0 Å². The number of halogens is 3. The molecule has 0 rings (SSSR count). The van der Waals surface area contributed by atoms with Gasteiger partial charge in [0.05, 0.1) is 0 Å². The van der Waals surface area contributed by atoms with Gasteiger partial charge < -0.3 is 10.1 Å². The zero-order chi connectivity index (χ0) is 12.6. The summed E-state index contributed by atoms with van der Waals surface area (Å²) in [6.07, 6.45) is -1.58. The van der Waals surface area contributed by atoms with Crippen LogP contribution >= 0.6 is 0 Å². The fourth-order valence-electron chi connectivity index (χ4n) is 0.931. The molecule has 0 spiro atoms. The Kier molecular flexibility index (Phi) is 6.37. The fraction of sp³-hybridized carbons (Fsp3) is 0.455. The van der Waals surface area contributed by atoms with Gasteiger partial charge in [-0.1, -0.05) is 12.7 Å². The molecule has 0 aromatic heterocycles. The molecule has 0 aliphatic heterocycles. The highest BCUT2D eigenvalue weighted by Crippen LogP contribution is 2.20. The second-order valence-corrected chi connectivity index (χ2v) is 3.14. The second kappa shape index (κ2) is 6.98. The van der Waals surface area contributed by atoms with E-state index in [-0.39, 0.29) is 18.8 Å². The van der Waals surface area contributed by atoms with Crippen molar-refractivity contribution in [1.29, 1.82) is 0 Å². The lowest BCUT2D eigenvalue weighted by Crippen LogP contribution is -2.18. The van der Waals surface area contributed by atoms with E-state index in [1.165, 1.54) is 0 Å². The number of ether oxygens (including phenoxy) is 1. The molecule has 0 aliphatic rings. The van der Waals surface area contributed by atoms with Crippen molar-refractivity contribution in [2.24, 2.45) is 0 Å². The maximum atomic E-state index is 11.8. The number of nitrogens with one attached hydrogen (secondary N) is 1. The van der Waals surface area contributed by atoms with Crippen molar-refractivity contribution in [3.63, 3.8) is 0 Å². The Hall–Kier alpha value is -1.39. The van der Waals surface area contributed by atoms with E-state index in [2.05, 4.69) is 18.5 Å². The molecule has 0 aromatic carbocycles. The highest BCUT2D eigenvalue weighted by Gasteiger charge is 2.25. The third-order valence-corrected chi connectivity index (χ3v) is 1.57. The van der Waals surface area contributed by atoms with Gasteiger partial charge in [0, 0.05) is 13.0 Å². The van der Waals surface area contributed by atoms with Crippen LogP contribution in [0.25, 0.3) is 0 Å². The summed E-state index contributed by atoms with van der Waals surface area (Å²) in [6, 6.07) is 0. The minimum Gasteiger partial charge on any atom is -0.443 e. The first kappa shape index (κ1) is 14.6. The second-order valence-electron chi connectivity index (χ2n) is 3.14. The summed E-state index contributed by atoms with van der Waals surface area (Å²) in [6.45, 7) is 9.03. The normalized spacial score (nSPS) is 11.5. The summed E-state index contributed by atoms with van der Waals surface area (Å²) in [4.78, 5) is 0. The van der Waals surface area contributed by atoms with Gasteiger partial charge in [-0.2, -0.15) is 13.2 Å². The van der Waals surface area contributed by atoms with Gasteiger partial charge in [0.15, 0.2) is 5.88 Å². The Labute approximate surface area is 93.5 Å². The van der Waals surface area contributed by atoms with Gasteiger partial charge in [-0.05, 0) is 26.0 Å². The van der Waals surface area contributed by atoms with Gasteiger partial charge in [-0.3, -0.25) is 0 Å². The van der Waals surface area contributed by atoms with Crippen LogP contribution in [0.4, 0.5) is 13.2 Å². The molecule has 0 radical (unpaired) electrons. The first-order valence-electron chi connectivity index (χ1n) is 4.84. The van der Waals surface area contributed by atoms with Crippen molar-refractivity contribution in [3.05, 3.63) is 37.0 Å². The smallest absolute Gasteiger partial charge is 0.389 e. The third-order valence-electron chi connectivity index (χ3n) is 1.57. The Bertz CT molecular complexity index is 269. The monoisotopic (exact) mass is 235 g/mol. The van der Waals surface area contributed by atoms with Crippen LogP contribution in [0.3, 0.4) is 0 Å². The van der Waals surface area contributed by atoms with Crippen LogP contribution in [0, 0.1) is 0 Å². The summed E-state index contributed by atoms with van der Waals surface area (Å²) >= 11 is 0. The Morgan fingerprint density at radius 1 is 1.38 bits per heavy atom. The number of allylic oxidation sites excluding steroid dienone is 2. The van der Waals surface area contributed by atoms with E-state index >= 15 is 0 Å². The van der Waals surface area contributed by atoms with E-state index in [0.29, 0.717) is 5.76 Å². The molecule has 0 saturated heterocycles. The summed E-state index contributed by atoms with van der Waals surface area (Å²) in [7, 11) is 0. The lowest BCUT2D eigenvalue weighted by atomic mass is 10.3. The Balaban J connectivity index is 3.63. The minimum atomic E-state index is -4.11. The predicted octanol–water partition coefficient (Wildman–Crippen LogP) is 3.50. The van der Waals surface area contributed by atoms with Crippen LogP contribution < -0.4 is 5.32 Å². The van der Waals surface area contributed by atoms with E-state index in [1.54, 1.807) is 19.1 Å². The lowest BCUT2D eigenvalue weighted by molar-refractivity contribution is -0.135. The molecule has 0 heterocycles. The summed E-state index contributed by atoms with van der Waals surface area (Å²) in [5, 5.41) is 2.63. The molecule has 0 aliphatic carbocycles. The predicted molar refractivity (Wildman–Crippen MR) is 57.5 cm³/mol. The zero-order valence-corrected chi connectivity index (χ0v) is 9.23. The quantitative estimate of drug-likeness (QED) is 0.414. The van der Waals surface area contributed by atoms with Crippen molar-refractivity contribution in [3.8, 4) is 0 Å². The van der Waals surface area contributed by atoms with Gasteiger partial charge in [-0.15, -0.1) is 0 Å². The van der Waals surface area contributed by atoms with Crippen molar-refractivity contribution in [2.75, 3.05) is 6.54 Å². The van der Waals surface area contributed by atoms with Crippen LogP contribution in [0.2, 0.25) is 0 Å². The molecule has 1 N–H and O–H groups in total. The maximum Gasteiger partial charge on any atom is 0.389 e. The first-order chi connectivity index (χ1) is 7.35. The molecule has 16 heavy (non-hydrogen) atoms. The van der Waals surface area contributed by atoms with Gasteiger partial charge in [-0.25, -0.2) is 0 Å². The molecule has 0 unspecified atom stereocenters. The van der Waals surface area contributed by atoms with Crippen LogP contribution in [-0.4, -0.2) is 12.7 Å². The maximum absolute atomic E-state index is 11.8. The molecule has 5 heteroatoms. The fourth-order valence-corrected chi connectivity index (χ4v) is 0.931. The van der Waals surface area contributed by atoms with Crippen molar-refractivity contribution in [2.45, 2.75) is 25.9 Å². The molecular formula is C11H16F3NO. The molecule has 0 atom stereocenters. The van der Waals surface area contributed by atoms with Crippen LogP contribution in [0.5, 0.6) is 0 Å². The van der Waals surface area contributed by atoms with Gasteiger partial charge >= 0.3 is 6.18 Å². The number of alkyl halides is 3. The highest BCUT2D eigenvalue weighted by molar-refractivity contribution is 5.08. The highest BCUT2D eigenvalue weighted by atomic mass is 19.4. The summed E-state index contributed by atoms with van der Waals surface area (Å²) < 4.78 is 40.4. The van der Waals surface area contributed by atoms with E-state index in [1.807, 2.05) is 0 Å². The van der Waals surface area contributed by atoms with E-state index in [9.17, 15) is 13.2 Å². The first-order valence-corrected chi connectivity index (χ1v) is 4.84. The standard InChI is InChI=1S/C11H16F3NO/c1-4-6-9(2)16-10(3)15-8-5-7-11(12,13)14/h4,6,15H,2-3,5,7-8H2,1H3/b6-4-. The van der Waals surface area contributed by atoms with E-state index < -0.39 is 12.6 Å². The molecule has 0 aromatic rings. The van der Waals surface area contributed by atoms with Gasteiger partial charge in [0.2, 0.25) is 0 Å². The van der Waals surface area contributed by atoms with E-state index in [4.69, 9.17) is 4.74 Å². The van der Waals surface area contributed by atoms with Crippen molar-refractivity contribution in [1.82, 2.24) is 5.32 Å². The molecular weight excluding hydrogens is 219 g/mol. The average molecular weight is 235 g/mol. The SMILES string of the molecule is C=C(/C=C\C)OC(=C)NCCCC(F)(F)F. The zero-order valence-electron chi connectivity index (χ0n) is 9.23. The number of hydrogen-bond donors (Lipinski definition) is 1. The lowest BCUT2D eigenvalue weighted by Gasteiger charge is -2.11. The van der Waals surface area contributed by atoms with Crippen LogP contribution in [0.15, 0.2) is 37.0 Å². The number of rotatable bonds is 7. The van der Waals surface area contributed by atoms with Crippen LogP contribution in [0.1, 0.15) is 19.8 Å². The van der Waals surface area contributed by atoms with Crippen LogP contribution in [-0.2, 0) is 4.74 Å². The van der Waals surface area contributed by atoms with Crippen molar-refractivity contribution < 1.29 is 17.9 Å².